The molecule has 1 nitrogen and oxygen atoms in total. The zero-order valence-corrected chi connectivity index (χ0v) is 11.3. The van der Waals surface area contributed by atoms with Crippen molar-refractivity contribution >= 4 is 23.5 Å². The lowest BCUT2D eigenvalue weighted by atomic mass is 9.86. The third-order valence-corrected chi connectivity index (χ3v) is 7.67. The maximum Gasteiger partial charge on any atom is 0.0659 e. The molecule has 0 bridgehead atoms. The van der Waals surface area contributed by atoms with Gasteiger partial charge in [-0.15, -0.1) is 23.5 Å². The summed E-state index contributed by atoms with van der Waals surface area (Å²) in [6.45, 7) is 5.59. The predicted molar refractivity (Wildman–Crippen MR) is 68.5 cm³/mol. The Balaban J connectivity index is 1.77. The lowest BCUT2D eigenvalue weighted by Gasteiger charge is -2.34. The van der Waals surface area contributed by atoms with Crippen molar-refractivity contribution in [1.82, 2.24) is 0 Å². The summed E-state index contributed by atoms with van der Waals surface area (Å²) in [5.74, 6) is 4.43. The summed E-state index contributed by atoms with van der Waals surface area (Å²) < 4.78 is 6.50. The molecular formula is C12H20OS2. The van der Waals surface area contributed by atoms with E-state index in [1.165, 1.54) is 30.8 Å². The van der Waals surface area contributed by atoms with E-state index in [9.17, 15) is 0 Å². The van der Waals surface area contributed by atoms with Crippen LogP contribution in [0.5, 0.6) is 0 Å². The molecular weight excluding hydrogens is 224 g/mol. The number of hydrogen-bond donors (Lipinski definition) is 0. The number of thioether (sulfide) groups is 2. The molecule has 1 spiro atoms. The molecule has 2 atom stereocenters. The van der Waals surface area contributed by atoms with Crippen molar-refractivity contribution < 1.29 is 4.74 Å². The van der Waals surface area contributed by atoms with Crippen molar-refractivity contribution in [3.8, 4) is 0 Å². The first kappa shape index (κ1) is 10.8. The molecule has 2 saturated heterocycles. The van der Waals surface area contributed by atoms with Gasteiger partial charge in [-0.2, -0.15) is 0 Å². The van der Waals surface area contributed by atoms with Gasteiger partial charge in [0.15, 0.2) is 0 Å². The third-order valence-electron chi connectivity index (χ3n) is 4.25. The van der Waals surface area contributed by atoms with Crippen molar-refractivity contribution in [1.29, 1.82) is 0 Å². The lowest BCUT2D eigenvalue weighted by Crippen LogP contribution is -2.30. The van der Waals surface area contributed by atoms with Gasteiger partial charge in [-0.1, -0.05) is 0 Å². The van der Waals surface area contributed by atoms with Crippen LogP contribution >= 0.6 is 23.5 Å². The van der Waals surface area contributed by atoms with Crippen LogP contribution in [0.3, 0.4) is 0 Å². The van der Waals surface area contributed by atoms with Crippen LogP contribution in [0.4, 0.5) is 0 Å². The second-order valence-electron chi connectivity index (χ2n) is 5.65. The largest absolute Gasteiger partial charge is 0.375 e. The number of ether oxygens (including phenoxy) is 1. The number of fused-ring (bicyclic) bond motifs is 1. The minimum absolute atomic E-state index is 0.146. The molecule has 86 valence electrons. The fourth-order valence-electron chi connectivity index (χ4n) is 3.40. The van der Waals surface area contributed by atoms with E-state index in [0.29, 0.717) is 4.08 Å². The summed E-state index contributed by atoms with van der Waals surface area (Å²) >= 11 is 4.48. The Kier molecular flexibility index (Phi) is 2.57. The molecule has 3 heteroatoms. The SMILES string of the molecule is CC1(C)OC[C@H]2CC3(C[C@H]21)SCCCS3. The van der Waals surface area contributed by atoms with Gasteiger partial charge in [-0.25, -0.2) is 0 Å². The zero-order valence-electron chi connectivity index (χ0n) is 9.62. The van der Waals surface area contributed by atoms with E-state index in [1.54, 1.807) is 0 Å². The van der Waals surface area contributed by atoms with Crippen LogP contribution in [0.15, 0.2) is 0 Å². The van der Waals surface area contributed by atoms with Gasteiger partial charge in [0.05, 0.1) is 16.3 Å². The molecule has 3 rings (SSSR count). The highest BCUT2D eigenvalue weighted by molar-refractivity contribution is 8.18. The van der Waals surface area contributed by atoms with Gasteiger partial charge in [0.25, 0.3) is 0 Å². The average Bonchev–Trinajstić information content (AvgIpc) is 2.67. The van der Waals surface area contributed by atoms with E-state index >= 15 is 0 Å². The highest BCUT2D eigenvalue weighted by Gasteiger charge is 2.55. The summed E-state index contributed by atoms with van der Waals surface area (Å²) in [6, 6.07) is 0. The van der Waals surface area contributed by atoms with E-state index in [4.69, 9.17) is 4.74 Å². The second-order valence-corrected chi connectivity index (χ2v) is 8.87. The van der Waals surface area contributed by atoms with Crippen LogP contribution in [-0.4, -0.2) is 27.8 Å². The van der Waals surface area contributed by atoms with Crippen molar-refractivity contribution in [2.75, 3.05) is 18.1 Å². The second kappa shape index (κ2) is 3.58. The van der Waals surface area contributed by atoms with Crippen LogP contribution in [0.2, 0.25) is 0 Å². The van der Waals surface area contributed by atoms with Crippen LogP contribution in [0.1, 0.15) is 33.1 Å². The molecule has 2 aliphatic heterocycles. The molecule has 2 heterocycles. The third kappa shape index (κ3) is 1.75. The Morgan fingerprint density at radius 1 is 1.13 bits per heavy atom. The smallest absolute Gasteiger partial charge is 0.0659 e. The van der Waals surface area contributed by atoms with E-state index in [0.717, 1.165) is 18.4 Å². The molecule has 3 fully saturated rings. The topological polar surface area (TPSA) is 9.23 Å². The Bertz CT molecular complexity index is 258. The van der Waals surface area contributed by atoms with Crippen LogP contribution in [0.25, 0.3) is 0 Å². The molecule has 3 aliphatic rings. The number of rotatable bonds is 0. The standard InChI is InChI=1S/C12H20OS2/c1-11(2)10-7-12(6-9(10)8-13-11)14-4-3-5-15-12/h9-10H,3-8H2,1-2H3/t9-,10-/m1/s1. The first-order valence-corrected chi connectivity index (χ1v) is 8.00. The van der Waals surface area contributed by atoms with Gasteiger partial charge in [0.1, 0.15) is 0 Å². The molecule has 0 N–H and O–H groups in total. The first-order valence-electron chi connectivity index (χ1n) is 6.03. The van der Waals surface area contributed by atoms with Crippen LogP contribution in [-0.2, 0) is 4.74 Å². The Morgan fingerprint density at radius 3 is 2.53 bits per heavy atom. The van der Waals surface area contributed by atoms with E-state index < -0.39 is 0 Å². The first-order chi connectivity index (χ1) is 7.11. The minimum atomic E-state index is 0.146. The Labute approximate surface area is 101 Å². The number of hydrogen-bond acceptors (Lipinski definition) is 3. The molecule has 0 aromatic carbocycles. The fraction of sp³-hybridized carbons (Fsp3) is 1.00. The van der Waals surface area contributed by atoms with Crippen molar-refractivity contribution in [3.63, 3.8) is 0 Å². The quantitative estimate of drug-likeness (QED) is 0.646. The molecule has 0 aromatic heterocycles. The lowest BCUT2D eigenvalue weighted by molar-refractivity contribution is 0.00840. The monoisotopic (exact) mass is 244 g/mol. The average molecular weight is 244 g/mol. The van der Waals surface area contributed by atoms with Gasteiger partial charge >= 0.3 is 0 Å². The van der Waals surface area contributed by atoms with Crippen molar-refractivity contribution in [3.05, 3.63) is 0 Å². The summed E-state index contributed by atoms with van der Waals surface area (Å²) in [7, 11) is 0. The van der Waals surface area contributed by atoms with Gasteiger partial charge in [-0.05, 0) is 56.5 Å². The van der Waals surface area contributed by atoms with Gasteiger partial charge in [0.2, 0.25) is 0 Å². The van der Waals surface area contributed by atoms with Crippen molar-refractivity contribution in [2.24, 2.45) is 11.8 Å². The molecule has 0 aromatic rings. The Hall–Kier alpha value is 0.660. The molecule has 0 radical (unpaired) electrons. The zero-order chi connectivity index (χ0) is 10.5. The summed E-state index contributed by atoms with van der Waals surface area (Å²) in [6.07, 6.45) is 4.20. The highest BCUT2D eigenvalue weighted by atomic mass is 32.2. The predicted octanol–water partition coefficient (Wildman–Crippen LogP) is 3.39. The van der Waals surface area contributed by atoms with Crippen LogP contribution < -0.4 is 0 Å². The summed E-state index contributed by atoms with van der Waals surface area (Å²) in [5.41, 5.74) is 0.146. The maximum atomic E-state index is 5.92. The Morgan fingerprint density at radius 2 is 1.87 bits per heavy atom. The highest BCUT2D eigenvalue weighted by Crippen LogP contribution is 2.61. The summed E-state index contributed by atoms with van der Waals surface area (Å²) in [4.78, 5) is 0. The van der Waals surface area contributed by atoms with E-state index in [2.05, 4.69) is 37.4 Å². The normalized spacial score (nSPS) is 42.0. The molecule has 15 heavy (non-hydrogen) atoms. The van der Waals surface area contributed by atoms with E-state index in [-0.39, 0.29) is 5.60 Å². The minimum Gasteiger partial charge on any atom is -0.375 e. The molecule has 0 amide bonds. The van der Waals surface area contributed by atoms with Gasteiger partial charge < -0.3 is 4.74 Å². The maximum absolute atomic E-state index is 5.92. The van der Waals surface area contributed by atoms with Gasteiger partial charge in [-0.3, -0.25) is 0 Å². The van der Waals surface area contributed by atoms with Crippen molar-refractivity contribution in [2.45, 2.75) is 42.8 Å². The fourth-order valence-corrected chi connectivity index (χ4v) is 6.99. The molecule has 0 unspecified atom stereocenters. The summed E-state index contributed by atoms with van der Waals surface area (Å²) in [5, 5.41) is 0. The van der Waals surface area contributed by atoms with Crippen LogP contribution in [0, 0.1) is 11.8 Å². The van der Waals surface area contributed by atoms with Gasteiger partial charge in [0, 0.05) is 0 Å². The molecule has 1 saturated carbocycles. The van der Waals surface area contributed by atoms with E-state index in [1.807, 2.05) is 0 Å². The molecule has 1 aliphatic carbocycles.